The summed E-state index contributed by atoms with van der Waals surface area (Å²) in [4.78, 5) is 12.3. The molecule has 0 saturated carbocycles. The fourth-order valence-corrected chi connectivity index (χ4v) is 14.5. The molecule has 0 amide bonds. The van der Waals surface area contributed by atoms with E-state index in [0.717, 1.165) is 55.6 Å². The van der Waals surface area contributed by atoms with Gasteiger partial charge in [0.05, 0.1) is 51.7 Å². The molecule has 1 spiro atoms. The number of ether oxygens (including phenoxy) is 1. The van der Waals surface area contributed by atoms with Gasteiger partial charge in [-0.25, -0.2) is 0 Å². The van der Waals surface area contributed by atoms with Gasteiger partial charge in [-0.1, -0.05) is 363 Å². The molecule has 512 valence electrons. The topological polar surface area (TPSA) is 102 Å². The van der Waals surface area contributed by atoms with E-state index >= 15 is 0 Å². The summed E-state index contributed by atoms with van der Waals surface area (Å²) in [7, 11) is -2.48. The number of benzene rings is 1. The lowest BCUT2D eigenvalue weighted by atomic mass is 9.78. The van der Waals surface area contributed by atoms with Crippen molar-refractivity contribution in [2.75, 3.05) is 46.2 Å². The molecule has 0 radical (unpaired) electrons. The van der Waals surface area contributed by atoms with Gasteiger partial charge < -0.3 is 37.0 Å². The first-order valence-electron chi connectivity index (χ1n) is 37.6. The van der Waals surface area contributed by atoms with Crippen LogP contribution in [0.2, 0.25) is 0 Å². The number of aromatic hydroxyl groups is 1. The summed E-state index contributed by atoms with van der Waals surface area (Å²) >= 11 is 0. The van der Waals surface area contributed by atoms with Crippen LogP contribution in [0.4, 0.5) is 0 Å². The highest BCUT2D eigenvalue weighted by Crippen LogP contribution is 2.53. The highest BCUT2D eigenvalue weighted by Gasteiger charge is 2.44. The maximum absolute atomic E-state index is 12.3. The maximum atomic E-state index is 12.3. The smallest absolute Gasteiger partial charge is 0.332 e. The Balaban J connectivity index is 0.000000613. The molecule has 9 nitrogen and oxygen atoms in total. The first kappa shape index (κ1) is 82.2. The Morgan fingerprint density at radius 1 is 0.391 bits per heavy atom. The van der Waals surface area contributed by atoms with Crippen molar-refractivity contribution in [3.63, 3.8) is 0 Å². The number of unbranched alkanes of at least 4 members (excludes halogenated alkanes) is 45. The van der Waals surface area contributed by atoms with Crippen LogP contribution >= 0.6 is 17.2 Å². The number of carbonyl (C=O) groups excluding carboxylic acids is 1. The van der Waals surface area contributed by atoms with E-state index in [2.05, 4.69) is 74.4 Å². The number of hydrogen-bond donors (Lipinski definition) is 1. The van der Waals surface area contributed by atoms with Crippen LogP contribution in [0.5, 0.6) is 5.75 Å². The lowest BCUT2D eigenvalue weighted by Gasteiger charge is -2.41. The number of hydrogen-bond acceptors (Lipinski definition) is 9. The molecule has 2 aliphatic heterocycles. The normalized spacial score (nSPS) is 17.3. The molecule has 11 heteroatoms. The SMILES string of the molecule is CCCCCCCCCCCCCCCCCCOC(=O)CCc1cc(C(C)(C)C)c(O)c(C(C)(C)C)c1.CCCCCCCCCCCCCCCCCCOP1OCC2(CO1)COP(OCCCCCCCCCCCCCCCCCC)OC2. The van der Waals surface area contributed by atoms with Crippen LogP contribution < -0.4 is 0 Å². The zero-order valence-electron chi connectivity index (χ0n) is 59.1. The molecule has 0 bridgehead atoms. The highest BCUT2D eigenvalue weighted by atomic mass is 31.2. The lowest BCUT2D eigenvalue weighted by molar-refractivity contribution is -0.143. The maximum Gasteiger partial charge on any atom is 0.332 e. The number of carbonyl (C=O) groups is 1. The van der Waals surface area contributed by atoms with Crippen LogP contribution in [0.3, 0.4) is 0 Å². The van der Waals surface area contributed by atoms with Crippen LogP contribution in [0.25, 0.3) is 0 Å². The molecule has 1 aromatic carbocycles. The third kappa shape index (κ3) is 45.9. The Morgan fingerprint density at radius 3 is 0.862 bits per heavy atom. The molecule has 0 unspecified atom stereocenters. The number of phenolic OH excluding ortho intramolecular Hbond substituents is 1. The molecule has 2 fully saturated rings. The zero-order valence-corrected chi connectivity index (χ0v) is 60.9. The third-order valence-electron chi connectivity index (χ3n) is 18.0. The van der Waals surface area contributed by atoms with Crippen molar-refractivity contribution in [3.8, 4) is 5.75 Å². The molecule has 2 saturated heterocycles. The van der Waals surface area contributed by atoms with Crippen molar-refractivity contribution in [1.29, 1.82) is 0 Å². The van der Waals surface area contributed by atoms with Gasteiger partial charge in [0, 0.05) is 6.42 Å². The molecular formula is C76H144O9P2. The predicted octanol–water partition coefficient (Wildman–Crippen LogP) is 25.8. The van der Waals surface area contributed by atoms with Gasteiger partial charge in [-0.3, -0.25) is 4.79 Å². The predicted molar refractivity (Wildman–Crippen MR) is 375 cm³/mol. The van der Waals surface area contributed by atoms with Crippen LogP contribution in [0.1, 0.15) is 394 Å². The van der Waals surface area contributed by atoms with Gasteiger partial charge in [-0.05, 0) is 53.2 Å². The minimum absolute atomic E-state index is 0.117. The molecule has 0 aromatic heterocycles. The van der Waals surface area contributed by atoms with Crippen molar-refractivity contribution < 1.29 is 41.8 Å². The fraction of sp³-hybridized carbons (Fsp3) is 0.908. The van der Waals surface area contributed by atoms with E-state index in [1.165, 1.54) is 283 Å². The number of rotatable bonds is 56. The lowest BCUT2D eigenvalue weighted by Crippen LogP contribution is -2.44. The summed E-state index contributed by atoms with van der Waals surface area (Å²) in [5.41, 5.74) is 2.44. The summed E-state index contributed by atoms with van der Waals surface area (Å²) in [5.74, 6) is 0.272. The van der Waals surface area contributed by atoms with Gasteiger partial charge in [0.25, 0.3) is 0 Å². The Labute approximate surface area is 542 Å². The Hall–Kier alpha value is -0.890. The molecule has 2 heterocycles. The minimum atomic E-state index is -1.24. The molecule has 3 rings (SSSR count). The van der Waals surface area contributed by atoms with Gasteiger partial charge in [0.2, 0.25) is 0 Å². The van der Waals surface area contributed by atoms with E-state index in [1.54, 1.807) is 0 Å². The van der Waals surface area contributed by atoms with Gasteiger partial charge in [0.1, 0.15) is 5.75 Å². The average Bonchev–Trinajstić information content (AvgIpc) is 3.33. The fourth-order valence-electron chi connectivity index (χ4n) is 11.9. The van der Waals surface area contributed by atoms with Crippen LogP contribution in [-0.2, 0) is 53.9 Å². The first-order valence-corrected chi connectivity index (χ1v) is 39.8. The minimum Gasteiger partial charge on any atom is -0.507 e. The second kappa shape index (κ2) is 55.6. The van der Waals surface area contributed by atoms with Gasteiger partial charge >= 0.3 is 23.2 Å². The summed E-state index contributed by atoms with van der Waals surface area (Å²) < 4.78 is 41.2. The Kier molecular flexibility index (Phi) is 52.5. The van der Waals surface area contributed by atoms with Crippen molar-refractivity contribution in [2.24, 2.45) is 5.41 Å². The molecule has 1 aromatic rings. The second-order valence-electron chi connectivity index (χ2n) is 28.9. The summed E-state index contributed by atoms with van der Waals surface area (Å²) in [6.07, 6.45) is 66.6. The van der Waals surface area contributed by atoms with E-state index in [0.29, 0.717) is 51.6 Å². The van der Waals surface area contributed by atoms with Crippen molar-refractivity contribution in [3.05, 3.63) is 28.8 Å². The number of esters is 1. The molecular weight excluding hydrogens is 1120 g/mol. The summed E-state index contributed by atoms with van der Waals surface area (Å²) in [6.45, 7) is 23.8. The number of aryl methyl sites for hydroxylation is 1. The largest absolute Gasteiger partial charge is 0.507 e. The van der Waals surface area contributed by atoms with Gasteiger partial charge in [-0.15, -0.1) is 0 Å². The zero-order chi connectivity index (χ0) is 63.2. The quantitative estimate of drug-likeness (QED) is 0.0388. The third-order valence-corrected chi connectivity index (χ3v) is 20.1. The summed E-state index contributed by atoms with van der Waals surface area (Å²) in [5, 5.41) is 10.9. The second-order valence-corrected chi connectivity index (χ2v) is 31.3. The molecule has 87 heavy (non-hydrogen) atoms. The highest BCUT2D eigenvalue weighted by molar-refractivity contribution is 7.42. The Morgan fingerprint density at radius 2 is 0.621 bits per heavy atom. The van der Waals surface area contributed by atoms with Crippen molar-refractivity contribution >= 4 is 23.2 Å². The van der Waals surface area contributed by atoms with Crippen molar-refractivity contribution in [2.45, 2.75) is 394 Å². The van der Waals surface area contributed by atoms with Crippen LogP contribution in [0.15, 0.2) is 12.1 Å². The van der Waals surface area contributed by atoms with E-state index < -0.39 is 17.2 Å². The molecule has 0 atom stereocenters. The monoisotopic (exact) mass is 1260 g/mol. The van der Waals surface area contributed by atoms with Crippen LogP contribution in [-0.4, -0.2) is 57.3 Å². The standard InChI is InChI=1S/C41H82O6P2.C35H62O3/c1-3-5-7-9-11-13-15-17-19-21-23-25-27-29-31-33-35-42-48-44-37-41(38-45-48)39-46-49(47-40-41)43-36-34-32-30-28-26-24-22-20-18-16-14-12-10-8-6-4-2;1-8-9-10-11-12-13-14-15-16-17-18-19-20-21-22-23-26-38-32(36)25-24-29-27-30(34(2,3)4)33(37)31(28-29)35(5,6)7/h3-40H2,1-2H3;27-28,37H,8-26H2,1-7H3. The molecule has 0 aliphatic carbocycles. The molecule has 2 aliphatic rings. The number of phenols is 1. The first-order chi connectivity index (χ1) is 42.2. The van der Waals surface area contributed by atoms with E-state index in [4.69, 9.17) is 31.9 Å². The van der Waals surface area contributed by atoms with Gasteiger partial charge in [-0.2, -0.15) is 0 Å². The Bertz CT molecular complexity index is 1590. The van der Waals surface area contributed by atoms with E-state index in [-0.39, 0.29) is 22.2 Å². The van der Waals surface area contributed by atoms with Crippen LogP contribution in [0, 0.1) is 5.41 Å². The van der Waals surface area contributed by atoms with Crippen molar-refractivity contribution in [1.82, 2.24) is 0 Å². The van der Waals surface area contributed by atoms with E-state index in [9.17, 15) is 9.90 Å². The van der Waals surface area contributed by atoms with Gasteiger partial charge in [0.15, 0.2) is 0 Å². The molecule has 1 N–H and O–H groups in total. The van der Waals surface area contributed by atoms with E-state index in [1.807, 2.05) is 0 Å². The average molecular weight is 1260 g/mol. The summed E-state index contributed by atoms with van der Waals surface area (Å²) in [6, 6.07) is 4.13.